The zero-order valence-corrected chi connectivity index (χ0v) is 14.0. The second-order valence-corrected chi connectivity index (χ2v) is 5.61. The topological polar surface area (TPSA) is 32.6 Å². The van der Waals surface area contributed by atoms with Crippen molar-refractivity contribution in [3.8, 4) is 12.3 Å². The SMILES string of the molecule is C#Cc1cccc(/C(C)=C/C(C)=NC(=C)C(O)c2ccccc2)c1. The number of terminal acetylenes is 1. The summed E-state index contributed by atoms with van der Waals surface area (Å²) in [5.74, 6) is 2.64. The number of aliphatic imine (C=N–C) groups is 1. The molecule has 0 aromatic heterocycles. The van der Waals surface area contributed by atoms with Crippen molar-refractivity contribution in [1.29, 1.82) is 0 Å². The molecular weight excluding hydrogens is 294 g/mol. The highest BCUT2D eigenvalue weighted by Crippen LogP contribution is 2.21. The lowest BCUT2D eigenvalue weighted by Gasteiger charge is -2.11. The number of allylic oxidation sites excluding steroid dienone is 2. The third kappa shape index (κ3) is 4.55. The predicted molar refractivity (Wildman–Crippen MR) is 102 cm³/mol. The van der Waals surface area contributed by atoms with Crippen LogP contribution in [0.2, 0.25) is 0 Å². The lowest BCUT2D eigenvalue weighted by molar-refractivity contribution is 0.215. The highest BCUT2D eigenvalue weighted by atomic mass is 16.3. The number of rotatable bonds is 5. The molecule has 2 nitrogen and oxygen atoms in total. The van der Waals surface area contributed by atoms with Crippen molar-refractivity contribution < 1.29 is 5.11 Å². The summed E-state index contributed by atoms with van der Waals surface area (Å²) in [6, 6.07) is 17.2. The van der Waals surface area contributed by atoms with Crippen molar-refractivity contribution in [3.63, 3.8) is 0 Å². The van der Waals surface area contributed by atoms with E-state index in [0.29, 0.717) is 5.70 Å². The maximum absolute atomic E-state index is 10.3. The minimum Gasteiger partial charge on any atom is -0.382 e. The van der Waals surface area contributed by atoms with Crippen LogP contribution in [0.15, 0.2) is 77.9 Å². The third-order valence-electron chi connectivity index (χ3n) is 3.66. The van der Waals surface area contributed by atoms with E-state index in [1.165, 1.54) is 0 Å². The van der Waals surface area contributed by atoms with Crippen molar-refractivity contribution in [2.75, 3.05) is 0 Å². The zero-order chi connectivity index (χ0) is 17.5. The maximum atomic E-state index is 10.3. The van der Waals surface area contributed by atoms with Crippen LogP contribution in [0.25, 0.3) is 5.57 Å². The third-order valence-corrected chi connectivity index (χ3v) is 3.66. The fraction of sp³-hybridized carbons (Fsp3) is 0.136. The summed E-state index contributed by atoms with van der Waals surface area (Å²) in [6.07, 6.45) is 6.59. The van der Waals surface area contributed by atoms with Gasteiger partial charge in [0.1, 0.15) is 6.10 Å². The van der Waals surface area contributed by atoms with Gasteiger partial charge in [0.05, 0.1) is 5.70 Å². The molecule has 24 heavy (non-hydrogen) atoms. The molecule has 0 bridgehead atoms. The van der Waals surface area contributed by atoms with Gasteiger partial charge in [-0.1, -0.05) is 55.0 Å². The number of nitrogens with zero attached hydrogens (tertiary/aromatic N) is 1. The Kier molecular flexibility index (Phi) is 5.89. The van der Waals surface area contributed by atoms with E-state index in [1.807, 2.05) is 74.5 Å². The summed E-state index contributed by atoms with van der Waals surface area (Å²) in [6.45, 7) is 7.78. The number of hydrogen-bond donors (Lipinski definition) is 1. The number of benzene rings is 2. The first kappa shape index (κ1) is 17.5. The molecule has 2 rings (SSSR count). The summed E-state index contributed by atoms with van der Waals surface area (Å²) in [5.41, 5.74) is 4.92. The van der Waals surface area contributed by atoms with Crippen LogP contribution in [0.3, 0.4) is 0 Å². The van der Waals surface area contributed by atoms with E-state index in [0.717, 1.165) is 28.0 Å². The molecule has 0 amide bonds. The summed E-state index contributed by atoms with van der Waals surface area (Å²) < 4.78 is 0. The Morgan fingerprint density at radius 2 is 1.88 bits per heavy atom. The summed E-state index contributed by atoms with van der Waals surface area (Å²) >= 11 is 0. The van der Waals surface area contributed by atoms with Crippen LogP contribution in [-0.2, 0) is 0 Å². The van der Waals surface area contributed by atoms with Crippen LogP contribution in [0.4, 0.5) is 0 Å². The van der Waals surface area contributed by atoms with Gasteiger partial charge in [0.25, 0.3) is 0 Å². The lowest BCUT2D eigenvalue weighted by Crippen LogP contribution is -2.00. The Morgan fingerprint density at radius 1 is 1.17 bits per heavy atom. The van der Waals surface area contributed by atoms with Crippen molar-refractivity contribution >= 4 is 11.3 Å². The Hall–Kier alpha value is -2.89. The van der Waals surface area contributed by atoms with Crippen molar-refractivity contribution in [1.82, 2.24) is 0 Å². The van der Waals surface area contributed by atoms with E-state index in [4.69, 9.17) is 6.42 Å². The molecule has 0 aliphatic rings. The van der Waals surface area contributed by atoms with Gasteiger partial charge in [0.2, 0.25) is 0 Å². The molecule has 0 saturated carbocycles. The summed E-state index contributed by atoms with van der Waals surface area (Å²) in [7, 11) is 0. The van der Waals surface area contributed by atoms with Gasteiger partial charge < -0.3 is 5.11 Å². The fourth-order valence-corrected chi connectivity index (χ4v) is 2.40. The van der Waals surface area contributed by atoms with Crippen LogP contribution in [0.1, 0.15) is 36.6 Å². The van der Waals surface area contributed by atoms with E-state index in [2.05, 4.69) is 17.5 Å². The van der Waals surface area contributed by atoms with Crippen molar-refractivity contribution in [2.24, 2.45) is 4.99 Å². The normalized spacial score (nSPS) is 13.2. The van der Waals surface area contributed by atoms with Crippen LogP contribution in [-0.4, -0.2) is 10.8 Å². The molecule has 0 aliphatic carbocycles. The van der Waals surface area contributed by atoms with E-state index in [9.17, 15) is 5.11 Å². The molecule has 2 aromatic carbocycles. The first-order valence-corrected chi connectivity index (χ1v) is 7.73. The quantitative estimate of drug-likeness (QED) is 0.625. The molecule has 0 radical (unpaired) electrons. The Morgan fingerprint density at radius 3 is 2.54 bits per heavy atom. The molecule has 2 aromatic rings. The zero-order valence-electron chi connectivity index (χ0n) is 14.0. The van der Waals surface area contributed by atoms with Gasteiger partial charge in [-0.25, -0.2) is 0 Å². The monoisotopic (exact) mass is 315 g/mol. The Balaban J connectivity index is 2.18. The number of hydrogen-bond acceptors (Lipinski definition) is 2. The minimum atomic E-state index is -0.806. The molecule has 0 spiro atoms. The fourth-order valence-electron chi connectivity index (χ4n) is 2.40. The average molecular weight is 315 g/mol. The largest absolute Gasteiger partial charge is 0.382 e. The van der Waals surface area contributed by atoms with E-state index < -0.39 is 6.10 Å². The second-order valence-electron chi connectivity index (χ2n) is 5.61. The van der Waals surface area contributed by atoms with Crippen LogP contribution >= 0.6 is 0 Å². The van der Waals surface area contributed by atoms with E-state index in [-0.39, 0.29) is 0 Å². The second kappa shape index (κ2) is 8.10. The van der Waals surface area contributed by atoms with Gasteiger partial charge in [-0.2, -0.15) is 0 Å². The maximum Gasteiger partial charge on any atom is 0.120 e. The van der Waals surface area contributed by atoms with Gasteiger partial charge in [0.15, 0.2) is 0 Å². The number of aliphatic hydroxyl groups excluding tert-OH is 1. The average Bonchev–Trinajstić information content (AvgIpc) is 2.61. The van der Waals surface area contributed by atoms with Crippen LogP contribution in [0.5, 0.6) is 0 Å². The van der Waals surface area contributed by atoms with Crippen LogP contribution < -0.4 is 0 Å². The van der Waals surface area contributed by atoms with E-state index in [1.54, 1.807) is 0 Å². The molecule has 0 saturated heterocycles. The molecule has 0 heterocycles. The molecule has 1 unspecified atom stereocenters. The first-order valence-electron chi connectivity index (χ1n) is 7.73. The molecule has 1 N–H and O–H groups in total. The smallest absolute Gasteiger partial charge is 0.120 e. The predicted octanol–water partition coefficient (Wildman–Crippen LogP) is 4.78. The van der Waals surface area contributed by atoms with Crippen molar-refractivity contribution in [3.05, 3.63) is 89.6 Å². The summed E-state index contributed by atoms with van der Waals surface area (Å²) in [4.78, 5) is 4.42. The Bertz CT molecular complexity index is 823. The lowest BCUT2D eigenvalue weighted by atomic mass is 10.0. The standard InChI is InChI=1S/C22H21NO/c1-5-19-10-9-13-21(15-19)16(2)14-17(3)23-18(4)22(24)20-11-7-6-8-12-20/h1,6-15,22,24H,4H2,2-3H3/b16-14+,23-17?. The molecule has 120 valence electrons. The van der Waals surface area contributed by atoms with E-state index >= 15 is 0 Å². The van der Waals surface area contributed by atoms with Gasteiger partial charge in [-0.15, -0.1) is 6.42 Å². The highest BCUT2D eigenvalue weighted by molar-refractivity contribution is 5.99. The number of aliphatic hydroxyl groups is 1. The van der Waals surface area contributed by atoms with Gasteiger partial charge in [-0.05, 0) is 48.8 Å². The Labute approximate surface area is 143 Å². The van der Waals surface area contributed by atoms with Gasteiger partial charge in [0, 0.05) is 11.3 Å². The molecular formula is C22H21NO. The van der Waals surface area contributed by atoms with Gasteiger partial charge >= 0.3 is 0 Å². The summed E-state index contributed by atoms with van der Waals surface area (Å²) in [5, 5.41) is 10.3. The highest BCUT2D eigenvalue weighted by Gasteiger charge is 2.10. The molecule has 0 fully saturated rings. The molecule has 0 aliphatic heterocycles. The van der Waals surface area contributed by atoms with Crippen LogP contribution in [0, 0.1) is 12.3 Å². The first-order chi connectivity index (χ1) is 11.5. The van der Waals surface area contributed by atoms with Gasteiger partial charge in [-0.3, -0.25) is 4.99 Å². The molecule has 2 heteroatoms. The van der Waals surface area contributed by atoms with Crippen molar-refractivity contribution in [2.45, 2.75) is 20.0 Å². The molecule has 1 atom stereocenters. The minimum absolute atomic E-state index is 0.417.